The van der Waals surface area contributed by atoms with Gasteiger partial charge in [-0.25, -0.2) is 18.1 Å². The van der Waals surface area contributed by atoms with Gasteiger partial charge in [0, 0.05) is 37.3 Å². The Morgan fingerprint density at radius 2 is 1.70 bits per heavy atom. The number of anilines is 1. The largest absolute Gasteiger partial charge is 0.493 e. The van der Waals surface area contributed by atoms with E-state index in [1.165, 1.54) is 44.6 Å². The predicted molar refractivity (Wildman–Crippen MR) is 151 cm³/mol. The molecule has 0 atom stereocenters. The van der Waals surface area contributed by atoms with Gasteiger partial charge in [-0.15, -0.1) is 0 Å². The molecule has 6 rings (SSSR count). The van der Waals surface area contributed by atoms with E-state index in [1.54, 1.807) is 12.1 Å². The lowest BCUT2D eigenvalue weighted by Gasteiger charge is -2.23. The number of benzene rings is 3. The Labute approximate surface area is 241 Å². The maximum absolute atomic E-state index is 15.3. The molecule has 0 bridgehead atoms. The van der Waals surface area contributed by atoms with Crippen LogP contribution in [0.15, 0.2) is 76.6 Å². The first kappa shape index (κ1) is 27.4. The minimum absolute atomic E-state index is 0.0230. The fourth-order valence-electron chi connectivity index (χ4n) is 4.63. The van der Waals surface area contributed by atoms with Crippen molar-refractivity contribution < 1.29 is 32.5 Å². The third-order valence-electron chi connectivity index (χ3n) is 6.65. The van der Waals surface area contributed by atoms with Crippen molar-refractivity contribution in [3.63, 3.8) is 0 Å². The molecule has 11 nitrogen and oxygen atoms in total. The van der Waals surface area contributed by atoms with Gasteiger partial charge in [0.2, 0.25) is 5.75 Å². The maximum Gasteiger partial charge on any atom is 0.335 e. The third kappa shape index (κ3) is 5.01. The van der Waals surface area contributed by atoms with Crippen molar-refractivity contribution in [2.45, 2.75) is 0 Å². The van der Waals surface area contributed by atoms with E-state index in [-0.39, 0.29) is 29.5 Å². The number of amides is 1. The molecular weight excluding hydrogens is 566 g/mol. The molecule has 3 heterocycles. The van der Waals surface area contributed by atoms with Gasteiger partial charge >= 0.3 is 5.69 Å². The monoisotopic (exact) mass is 588 g/mol. The minimum atomic E-state index is -0.927. The Kier molecular flexibility index (Phi) is 6.98. The van der Waals surface area contributed by atoms with Gasteiger partial charge in [-0.2, -0.15) is 0 Å². The predicted octanol–water partition coefficient (Wildman–Crippen LogP) is 4.19. The number of ether oxygens (including phenoxy) is 4. The number of hydrogen-bond donors (Lipinski definition) is 1. The second-order valence-corrected chi connectivity index (χ2v) is 9.39. The second-order valence-electron chi connectivity index (χ2n) is 9.39. The molecule has 5 aromatic rings. The second kappa shape index (κ2) is 10.9. The minimum Gasteiger partial charge on any atom is -0.493 e. The summed E-state index contributed by atoms with van der Waals surface area (Å²) in [6, 6.07) is 11.6. The molecular formula is C30H22F2N4O7. The van der Waals surface area contributed by atoms with Crippen molar-refractivity contribution >= 4 is 22.5 Å². The van der Waals surface area contributed by atoms with E-state index >= 15 is 4.39 Å². The van der Waals surface area contributed by atoms with Crippen molar-refractivity contribution in [2.75, 3.05) is 25.6 Å². The number of halogens is 2. The summed E-state index contributed by atoms with van der Waals surface area (Å²) in [7, 11) is 2.85. The average molecular weight is 589 g/mol. The van der Waals surface area contributed by atoms with Gasteiger partial charge in [0.15, 0.2) is 23.1 Å². The molecule has 0 fully saturated rings. The van der Waals surface area contributed by atoms with Crippen LogP contribution in [0.4, 0.5) is 14.5 Å². The number of aromatic nitrogens is 3. The zero-order valence-electron chi connectivity index (χ0n) is 22.7. The number of fused-ring (bicyclic) bond motifs is 3. The number of pyridine rings is 1. The van der Waals surface area contributed by atoms with Crippen LogP contribution in [0.2, 0.25) is 0 Å². The van der Waals surface area contributed by atoms with E-state index in [0.717, 1.165) is 33.5 Å². The highest BCUT2D eigenvalue weighted by atomic mass is 19.1. The summed E-state index contributed by atoms with van der Waals surface area (Å²) < 4.78 is 53.3. The van der Waals surface area contributed by atoms with Crippen LogP contribution in [0.25, 0.3) is 16.6 Å². The molecule has 0 spiro atoms. The van der Waals surface area contributed by atoms with Crippen LogP contribution in [0, 0.1) is 11.6 Å². The highest BCUT2D eigenvalue weighted by Gasteiger charge is 2.25. The number of carbonyl (C=O) groups excluding carboxylic acids is 1. The lowest BCUT2D eigenvalue weighted by molar-refractivity contribution is 0.102. The molecule has 0 saturated heterocycles. The molecule has 0 radical (unpaired) electrons. The van der Waals surface area contributed by atoms with Crippen molar-refractivity contribution in [1.82, 2.24) is 14.1 Å². The van der Waals surface area contributed by atoms with E-state index in [4.69, 9.17) is 18.9 Å². The number of nitrogens with one attached hydrogen (secondary N) is 1. The number of methoxy groups -OCH3 is 1. The lowest BCUT2D eigenvalue weighted by Crippen LogP contribution is -2.41. The summed E-state index contributed by atoms with van der Waals surface area (Å²) in [6.07, 6.45) is 2.56. The first-order valence-electron chi connectivity index (χ1n) is 12.9. The smallest absolute Gasteiger partial charge is 0.335 e. The van der Waals surface area contributed by atoms with Crippen molar-refractivity contribution in [3.8, 4) is 34.4 Å². The van der Waals surface area contributed by atoms with Crippen LogP contribution in [0.5, 0.6) is 28.7 Å². The summed E-state index contributed by atoms with van der Waals surface area (Å²) in [4.78, 5) is 43.2. The fourth-order valence-corrected chi connectivity index (χ4v) is 4.63. The SMILES string of the molecule is COc1cc2nccc(Oc3ccc(NC(=O)c4cn(C)c(=O)n(-c5ccc(F)cc5)c4=O)cc3F)c2c2c1OCCO2. The highest BCUT2D eigenvalue weighted by Crippen LogP contribution is 2.48. The van der Waals surface area contributed by atoms with Crippen LogP contribution >= 0.6 is 0 Å². The Morgan fingerprint density at radius 1 is 0.953 bits per heavy atom. The lowest BCUT2D eigenvalue weighted by atomic mass is 10.1. The van der Waals surface area contributed by atoms with E-state index in [1.807, 2.05) is 0 Å². The Bertz CT molecular complexity index is 2020. The molecule has 1 aliphatic rings. The molecule has 3 aromatic carbocycles. The third-order valence-corrected chi connectivity index (χ3v) is 6.65. The molecule has 218 valence electrons. The molecule has 1 amide bonds. The zero-order valence-corrected chi connectivity index (χ0v) is 22.7. The first-order chi connectivity index (χ1) is 20.7. The molecule has 13 heteroatoms. The molecule has 1 N–H and O–H groups in total. The van der Waals surface area contributed by atoms with E-state index in [2.05, 4.69) is 10.3 Å². The van der Waals surface area contributed by atoms with Crippen LogP contribution in [0.3, 0.4) is 0 Å². The Hall–Kier alpha value is -5.72. The van der Waals surface area contributed by atoms with Gasteiger partial charge in [0.05, 0.1) is 23.7 Å². The van der Waals surface area contributed by atoms with Crippen LogP contribution in [-0.2, 0) is 7.05 Å². The molecule has 1 aliphatic heterocycles. The summed E-state index contributed by atoms with van der Waals surface area (Å²) in [6.45, 7) is 0.614. The maximum atomic E-state index is 15.3. The van der Waals surface area contributed by atoms with Crippen molar-refractivity contribution in [3.05, 3.63) is 105 Å². The van der Waals surface area contributed by atoms with Crippen LogP contribution < -0.4 is 35.5 Å². The van der Waals surface area contributed by atoms with Gasteiger partial charge < -0.3 is 28.8 Å². The van der Waals surface area contributed by atoms with Gasteiger partial charge in [0.25, 0.3) is 11.5 Å². The summed E-state index contributed by atoms with van der Waals surface area (Å²) in [5.74, 6) is -0.999. The van der Waals surface area contributed by atoms with E-state index in [9.17, 15) is 18.8 Å². The average Bonchev–Trinajstić information content (AvgIpc) is 3.00. The normalized spacial score (nSPS) is 12.2. The number of rotatable bonds is 6. The summed E-state index contributed by atoms with van der Waals surface area (Å²) >= 11 is 0. The summed E-state index contributed by atoms with van der Waals surface area (Å²) in [5, 5.41) is 2.93. The number of nitrogens with zero attached hydrogens (tertiary/aromatic N) is 3. The molecule has 0 unspecified atom stereocenters. The first-order valence-corrected chi connectivity index (χ1v) is 12.9. The van der Waals surface area contributed by atoms with Gasteiger partial charge in [0.1, 0.15) is 30.3 Å². The van der Waals surface area contributed by atoms with E-state index in [0.29, 0.717) is 34.8 Å². The van der Waals surface area contributed by atoms with Crippen LogP contribution in [0.1, 0.15) is 10.4 Å². The zero-order chi connectivity index (χ0) is 30.2. The Balaban J connectivity index is 1.29. The van der Waals surface area contributed by atoms with Crippen molar-refractivity contribution in [1.29, 1.82) is 0 Å². The Morgan fingerprint density at radius 3 is 2.42 bits per heavy atom. The van der Waals surface area contributed by atoms with Crippen LogP contribution in [-0.4, -0.2) is 40.3 Å². The fraction of sp³-hybridized carbons (Fsp3) is 0.133. The standard InChI is InChI=1S/C30H22F2N4O7/c1-35-15-19(29(38)36(30(35)39)18-6-3-16(31)4-7-18)28(37)34-17-5-8-22(20(32)13-17)43-23-9-10-33-21-14-24(40-2)26-27(25(21)23)42-12-11-41-26/h3-10,13-15H,11-12H2,1-2H3,(H,34,37). The van der Waals surface area contributed by atoms with Crippen molar-refractivity contribution in [2.24, 2.45) is 7.05 Å². The molecule has 2 aromatic heterocycles. The van der Waals surface area contributed by atoms with E-state index < -0.39 is 34.4 Å². The molecule has 0 aliphatic carbocycles. The van der Waals surface area contributed by atoms with Gasteiger partial charge in [-0.1, -0.05) is 0 Å². The van der Waals surface area contributed by atoms with Gasteiger partial charge in [-0.05, 0) is 42.5 Å². The highest BCUT2D eigenvalue weighted by molar-refractivity contribution is 6.04. The summed E-state index contributed by atoms with van der Waals surface area (Å²) in [5.41, 5.74) is -1.47. The number of carbonyl (C=O) groups is 1. The molecule has 43 heavy (non-hydrogen) atoms. The molecule has 0 saturated carbocycles. The quantitative estimate of drug-likeness (QED) is 0.314. The number of aryl methyl sites for hydroxylation is 1. The topological polar surface area (TPSA) is 123 Å². The van der Waals surface area contributed by atoms with Gasteiger partial charge in [-0.3, -0.25) is 14.6 Å². The number of hydrogen-bond acceptors (Lipinski definition) is 8.